The van der Waals surface area contributed by atoms with Crippen molar-refractivity contribution in [1.29, 1.82) is 0 Å². The van der Waals surface area contributed by atoms with Gasteiger partial charge in [-0.3, -0.25) is 4.79 Å². The molecule has 2 aliphatic rings. The van der Waals surface area contributed by atoms with Crippen molar-refractivity contribution in [2.45, 2.75) is 50.6 Å². The van der Waals surface area contributed by atoms with Crippen LogP contribution in [-0.2, 0) is 14.3 Å². The average molecular weight is 318 g/mol. The highest BCUT2D eigenvalue weighted by Gasteiger charge is 2.34. The smallest absolute Gasteiger partial charge is 0.329 e. The molecule has 1 saturated carbocycles. The van der Waals surface area contributed by atoms with Crippen LogP contribution in [0, 0.1) is 0 Å². The van der Waals surface area contributed by atoms with Crippen LogP contribution in [-0.4, -0.2) is 47.1 Å². The van der Waals surface area contributed by atoms with Gasteiger partial charge in [-0.15, -0.1) is 0 Å². The van der Waals surface area contributed by atoms with E-state index in [0.717, 1.165) is 38.6 Å². The van der Waals surface area contributed by atoms with Crippen molar-refractivity contribution < 1.29 is 14.3 Å². The van der Waals surface area contributed by atoms with E-state index in [4.69, 9.17) is 4.74 Å². The van der Waals surface area contributed by atoms with Crippen molar-refractivity contribution in [2.75, 3.05) is 18.1 Å². The Hall–Kier alpha value is -2.18. The van der Waals surface area contributed by atoms with Crippen LogP contribution in [0.2, 0.25) is 0 Å². The summed E-state index contributed by atoms with van der Waals surface area (Å²) in [6.07, 6.45) is 9.21. The third-order valence-corrected chi connectivity index (χ3v) is 4.40. The monoisotopic (exact) mass is 318 g/mol. The van der Waals surface area contributed by atoms with E-state index in [2.05, 4.69) is 15.3 Å². The zero-order valence-corrected chi connectivity index (χ0v) is 13.1. The Morgan fingerprint density at radius 2 is 1.91 bits per heavy atom. The second-order valence-corrected chi connectivity index (χ2v) is 6.06. The van der Waals surface area contributed by atoms with Gasteiger partial charge in [0.05, 0.1) is 0 Å². The minimum Gasteiger partial charge on any atom is -0.454 e. The first kappa shape index (κ1) is 15.7. The number of nitrogens with zero attached hydrogens (tertiary/aromatic N) is 3. The lowest BCUT2D eigenvalue weighted by Crippen LogP contribution is -2.41. The number of amides is 1. The van der Waals surface area contributed by atoms with Crippen LogP contribution in [0.5, 0.6) is 0 Å². The van der Waals surface area contributed by atoms with E-state index in [9.17, 15) is 9.59 Å². The second kappa shape index (κ2) is 7.39. The first-order valence-electron chi connectivity index (χ1n) is 8.24. The number of esters is 1. The highest BCUT2D eigenvalue weighted by atomic mass is 16.5. The van der Waals surface area contributed by atoms with Crippen LogP contribution in [0.3, 0.4) is 0 Å². The fourth-order valence-electron chi connectivity index (χ4n) is 3.26. The molecule has 0 spiro atoms. The van der Waals surface area contributed by atoms with Crippen molar-refractivity contribution in [2.24, 2.45) is 0 Å². The number of anilines is 1. The lowest BCUT2D eigenvalue weighted by Gasteiger charge is -2.22. The molecule has 1 N–H and O–H groups in total. The fourth-order valence-corrected chi connectivity index (χ4v) is 3.26. The molecule has 1 atom stereocenters. The zero-order valence-electron chi connectivity index (χ0n) is 13.1. The van der Waals surface area contributed by atoms with Gasteiger partial charge in [0.2, 0.25) is 5.95 Å². The van der Waals surface area contributed by atoms with Gasteiger partial charge in [0.1, 0.15) is 6.04 Å². The summed E-state index contributed by atoms with van der Waals surface area (Å²) in [5.74, 6) is -0.0651. The van der Waals surface area contributed by atoms with E-state index in [0.29, 0.717) is 12.4 Å². The summed E-state index contributed by atoms with van der Waals surface area (Å²) in [6.45, 7) is 0.507. The number of rotatable bonds is 5. The van der Waals surface area contributed by atoms with E-state index in [1.165, 1.54) is 0 Å². The maximum absolute atomic E-state index is 12.3. The first-order chi connectivity index (χ1) is 11.2. The number of carbonyl (C=O) groups excluding carboxylic acids is 2. The van der Waals surface area contributed by atoms with Crippen LogP contribution in [0.1, 0.15) is 38.5 Å². The second-order valence-electron chi connectivity index (χ2n) is 6.06. The van der Waals surface area contributed by atoms with E-state index in [-0.39, 0.29) is 24.5 Å². The molecule has 23 heavy (non-hydrogen) atoms. The number of nitrogens with one attached hydrogen (secondary N) is 1. The molecule has 2 fully saturated rings. The van der Waals surface area contributed by atoms with Gasteiger partial charge < -0.3 is 15.0 Å². The Balaban J connectivity index is 1.50. The fraction of sp³-hybridized carbons (Fsp3) is 0.625. The van der Waals surface area contributed by atoms with Gasteiger partial charge in [0, 0.05) is 25.0 Å². The molecule has 0 radical (unpaired) electrons. The standard InChI is InChI=1S/C16H22N4O3/c21-14(19-12-5-1-2-6-12)11-23-15(22)13-7-3-10-20(13)16-17-8-4-9-18-16/h4,8-9,12-13H,1-3,5-7,10-11H2,(H,19,21)/t13-/m1/s1. The molecule has 124 valence electrons. The number of aromatic nitrogens is 2. The Morgan fingerprint density at radius 3 is 2.65 bits per heavy atom. The van der Waals surface area contributed by atoms with Crippen molar-refractivity contribution >= 4 is 17.8 Å². The summed E-state index contributed by atoms with van der Waals surface area (Å²) in [4.78, 5) is 34.3. The normalized spacial score (nSPS) is 21.4. The van der Waals surface area contributed by atoms with E-state index < -0.39 is 6.04 Å². The Bertz CT molecular complexity index is 546. The molecule has 1 aliphatic carbocycles. The molecule has 0 aromatic carbocycles. The van der Waals surface area contributed by atoms with E-state index >= 15 is 0 Å². The van der Waals surface area contributed by atoms with Crippen LogP contribution >= 0.6 is 0 Å². The lowest BCUT2D eigenvalue weighted by molar-refractivity contribution is -0.149. The van der Waals surface area contributed by atoms with Gasteiger partial charge in [-0.1, -0.05) is 12.8 Å². The number of hydrogen-bond acceptors (Lipinski definition) is 6. The summed E-state index contributed by atoms with van der Waals surface area (Å²) in [6, 6.07) is 1.57. The van der Waals surface area contributed by atoms with Crippen LogP contribution in [0.4, 0.5) is 5.95 Å². The molecule has 1 amide bonds. The molecular weight excluding hydrogens is 296 g/mol. The lowest BCUT2D eigenvalue weighted by atomic mass is 10.2. The maximum Gasteiger partial charge on any atom is 0.329 e. The molecule has 1 aromatic rings. The average Bonchev–Trinajstić information content (AvgIpc) is 3.25. The summed E-state index contributed by atoms with van der Waals surface area (Å²) in [5.41, 5.74) is 0. The molecule has 7 nitrogen and oxygen atoms in total. The van der Waals surface area contributed by atoms with Crippen LogP contribution in [0.25, 0.3) is 0 Å². The van der Waals surface area contributed by atoms with E-state index in [1.807, 2.05) is 4.90 Å². The van der Waals surface area contributed by atoms with Gasteiger partial charge in [0.25, 0.3) is 5.91 Å². The summed E-state index contributed by atoms with van der Waals surface area (Å²) in [5, 5.41) is 2.91. The van der Waals surface area contributed by atoms with Gasteiger partial charge in [0.15, 0.2) is 6.61 Å². The highest BCUT2D eigenvalue weighted by Crippen LogP contribution is 2.22. The van der Waals surface area contributed by atoms with Crippen molar-refractivity contribution in [3.8, 4) is 0 Å². The van der Waals surface area contributed by atoms with Gasteiger partial charge in [-0.05, 0) is 31.7 Å². The maximum atomic E-state index is 12.3. The molecule has 1 saturated heterocycles. The first-order valence-corrected chi connectivity index (χ1v) is 8.24. The topological polar surface area (TPSA) is 84.4 Å². The predicted molar refractivity (Wildman–Crippen MR) is 83.8 cm³/mol. The minimum atomic E-state index is -0.406. The third-order valence-electron chi connectivity index (χ3n) is 4.40. The van der Waals surface area contributed by atoms with Crippen molar-refractivity contribution in [1.82, 2.24) is 15.3 Å². The van der Waals surface area contributed by atoms with Gasteiger partial charge >= 0.3 is 5.97 Å². The number of hydrogen-bond donors (Lipinski definition) is 1. The largest absolute Gasteiger partial charge is 0.454 e. The molecule has 7 heteroatoms. The highest BCUT2D eigenvalue weighted by molar-refractivity contribution is 5.84. The van der Waals surface area contributed by atoms with E-state index in [1.54, 1.807) is 18.5 Å². The van der Waals surface area contributed by atoms with Gasteiger partial charge in [-0.2, -0.15) is 0 Å². The third kappa shape index (κ3) is 3.97. The Kier molecular flexibility index (Phi) is 5.05. The minimum absolute atomic E-state index is 0.213. The van der Waals surface area contributed by atoms with Crippen molar-refractivity contribution in [3.05, 3.63) is 18.5 Å². The molecule has 2 heterocycles. The molecule has 1 aromatic heterocycles. The van der Waals surface area contributed by atoms with Crippen molar-refractivity contribution in [3.63, 3.8) is 0 Å². The SMILES string of the molecule is O=C(COC(=O)[C@H]1CCCN1c1ncccn1)NC1CCCC1. The molecular formula is C16H22N4O3. The molecule has 1 aliphatic heterocycles. The summed E-state index contributed by atoms with van der Waals surface area (Å²) < 4.78 is 5.20. The predicted octanol–water partition coefficient (Wildman–Crippen LogP) is 1.05. The number of carbonyl (C=O) groups is 2. The summed E-state index contributed by atoms with van der Waals surface area (Å²) >= 11 is 0. The molecule has 3 rings (SSSR count). The van der Waals surface area contributed by atoms with Gasteiger partial charge in [-0.25, -0.2) is 14.8 Å². The molecule has 0 bridgehead atoms. The quantitative estimate of drug-likeness (QED) is 0.817. The van der Waals surface area contributed by atoms with Crippen LogP contribution < -0.4 is 10.2 Å². The zero-order chi connectivity index (χ0) is 16.1. The molecule has 0 unspecified atom stereocenters. The Morgan fingerprint density at radius 1 is 1.17 bits per heavy atom. The summed E-state index contributed by atoms with van der Waals surface area (Å²) in [7, 11) is 0. The Labute approximate surface area is 135 Å². The number of ether oxygens (including phenoxy) is 1. The van der Waals surface area contributed by atoms with Crippen LogP contribution in [0.15, 0.2) is 18.5 Å².